The van der Waals surface area contributed by atoms with Crippen LogP contribution < -0.4 is 0 Å². The van der Waals surface area contributed by atoms with Gasteiger partial charge in [0.2, 0.25) is 0 Å². The Kier molecular flexibility index (Phi) is 4.87. The molecule has 0 bridgehead atoms. The van der Waals surface area contributed by atoms with Crippen LogP contribution in [0.1, 0.15) is 22.8 Å². The minimum atomic E-state index is -0.746. The van der Waals surface area contributed by atoms with Gasteiger partial charge in [-0.05, 0) is 47.2 Å². The largest absolute Gasteiger partial charge is 0.465 e. The second kappa shape index (κ2) is 6.63. The molecular formula is C14H14O3S2. The molecule has 0 radical (unpaired) electrons. The van der Waals surface area contributed by atoms with E-state index < -0.39 is 11.9 Å². The monoisotopic (exact) mass is 294 g/mol. The molecule has 5 heteroatoms. The highest BCUT2D eigenvalue weighted by Crippen LogP contribution is 2.19. The summed E-state index contributed by atoms with van der Waals surface area (Å²) >= 11 is 3.00. The van der Waals surface area contributed by atoms with E-state index in [9.17, 15) is 9.59 Å². The highest BCUT2D eigenvalue weighted by Gasteiger charge is 2.29. The quantitative estimate of drug-likeness (QED) is 0.466. The van der Waals surface area contributed by atoms with E-state index in [0.717, 1.165) is 5.56 Å². The third kappa shape index (κ3) is 3.52. The highest BCUT2D eigenvalue weighted by molar-refractivity contribution is 7.08. The van der Waals surface area contributed by atoms with Crippen molar-refractivity contribution >= 4 is 34.4 Å². The number of ether oxygens (including phenoxy) is 1. The molecule has 0 aromatic carbocycles. The lowest BCUT2D eigenvalue weighted by molar-refractivity contribution is -0.146. The van der Waals surface area contributed by atoms with Crippen molar-refractivity contribution < 1.29 is 14.3 Å². The van der Waals surface area contributed by atoms with E-state index in [1.54, 1.807) is 29.7 Å². The van der Waals surface area contributed by atoms with Crippen LogP contribution in [0.25, 0.3) is 0 Å². The molecule has 0 fully saturated rings. The molecule has 1 unspecified atom stereocenters. The number of Topliss-reactive ketones (excluding diaryl/α,β-unsaturated/α-hetero) is 1. The maximum atomic E-state index is 12.4. The molecule has 0 aliphatic heterocycles. The van der Waals surface area contributed by atoms with E-state index in [4.69, 9.17) is 4.74 Å². The smallest absolute Gasteiger partial charge is 0.317 e. The number of ketones is 1. The van der Waals surface area contributed by atoms with Gasteiger partial charge in [-0.2, -0.15) is 22.7 Å². The van der Waals surface area contributed by atoms with Crippen LogP contribution in [0.4, 0.5) is 0 Å². The Balaban J connectivity index is 2.18. The predicted molar refractivity (Wildman–Crippen MR) is 76.8 cm³/mol. The van der Waals surface area contributed by atoms with Crippen molar-refractivity contribution in [2.24, 2.45) is 5.92 Å². The van der Waals surface area contributed by atoms with Gasteiger partial charge in [0, 0.05) is 10.9 Å². The number of hydrogen-bond donors (Lipinski definition) is 0. The molecular weight excluding hydrogens is 280 g/mol. The van der Waals surface area contributed by atoms with Crippen molar-refractivity contribution in [3.05, 3.63) is 44.8 Å². The second-order valence-electron chi connectivity index (χ2n) is 4.02. The molecule has 100 valence electrons. The lowest BCUT2D eigenvalue weighted by Crippen LogP contribution is -2.28. The van der Waals surface area contributed by atoms with Crippen molar-refractivity contribution in [3.8, 4) is 0 Å². The fraction of sp³-hybridized carbons (Fsp3) is 0.286. The van der Waals surface area contributed by atoms with Crippen LogP contribution in [0.5, 0.6) is 0 Å². The van der Waals surface area contributed by atoms with Crippen LogP contribution in [-0.2, 0) is 16.0 Å². The third-order valence-corrected chi connectivity index (χ3v) is 4.13. The number of carbonyl (C=O) groups is 2. The zero-order valence-corrected chi connectivity index (χ0v) is 12.1. The number of carbonyl (C=O) groups excluding carboxylic acids is 2. The van der Waals surface area contributed by atoms with Gasteiger partial charge in [0.05, 0.1) is 6.61 Å². The normalized spacial score (nSPS) is 12.1. The molecule has 2 heterocycles. The van der Waals surface area contributed by atoms with E-state index in [2.05, 4.69) is 0 Å². The van der Waals surface area contributed by atoms with E-state index in [0.29, 0.717) is 12.0 Å². The molecule has 0 N–H and O–H groups in total. The molecule has 0 saturated heterocycles. The second-order valence-corrected chi connectivity index (χ2v) is 5.58. The molecule has 2 aromatic rings. The summed E-state index contributed by atoms with van der Waals surface area (Å²) in [4.78, 5) is 24.3. The molecule has 0 saturated carbocycles. The first-order chi connectivity index (χ1) is 9.22. The first-order valence-corrected chi connectivity index (χ1v) is 7.85. The molecule has 1 atom stereocenters. The van der Waals surface area contributed by atoms with Gasteiger partial charge in [0.25, 0.3) is 0 Å². The van der Waals surface area contributed by atoms with Gasteiger partial charge in [-0.1, -0.05) is 0 Å². The van der Waals surface area contributed by atoms with Crippen LogP contribution in [-0.4, -0.2) is 18.4 Å². The Morgan fingerprint density at radius 3 is 2.53 bits per heavy atom. The fourth-order valence-corrected chi connectivity index (χ4v) is 3.10. The van der Waals surface area contributed by atoms with Gasteiger partial charge in [0.15, 0.2) is 5.78 Å². The summed E-state index contributed by atoms with van der Waals surface area (Å²) in [7, 11) is 0. The molecule has 0 aliphatic carbocycles. The molecule has 2 rings (SSSR count). The SMILES string of the molecule is CCOC(=O)C(Cc1ccsc1)C(=O)c1ccsc1. The number of rotatable bonds is 6. The third-order valence-electron chi connectivity index (χ3n) is 2.71. The van der Waals surface area contributed by atoms with E-state index in [1.165, 1.54) is 11.3 Å². The van der Waals surface area contributed by atoms with Crippen LogP contribution in [0.15, 0.2) is 33.7 Å². The van der Waals surface area contributed by atoms with Gasteiger partial charge in [-0.25, -0.2) is 0 Å². The Morgan fingerprint density at radius 2 is 1.95 bits per heavy atom. The van der Waals surface area contributed by atoms with Crippen molar-refractivity contribution in [2.45, 2.75) is 13.3 Å². The Labute approximate surface area is 119 Å². The van der Waals surface area contributed by atoms with Crippen molar-refractivity contribution in [2.75, 3.05) is 6.61 Å². The van der Waals surface area contributed by atoms with Crippen LogP contribution in [0.3, 0.4) is 0 Å². The first kappa shape index (κ1) is 14.0. The van der Waals surface area contributed by atoms with Gasteiger partial charge in [0.1, 0.15) is 5.92 Å². The van der Waals surface area contributed by atoms with Crippen molar-refractivity contribution in [3.63, 3.8) is 0 Å². The predicted octanol–water partition coefficient (Wildman–Crippen LogP) is 3.41. The number of esters is 1. The van der Waals surface area contributed by atoms with Crippen molar-refractivity contribution in [1.82, 2.24) is 0 Å². The fourth-order valence-electron chi connectivity index (χ4n) is 1.78. The first-order valence-electron chi connectivity index (χ1n) is 5.96. The van der Waals surface area contributed by atoms with Crippen molar-refractivity contribution in [1.29, 1.82) is 0 Å². The molecule has 0 aliphatic rings. The van der Waals surface area contributed by atoms with Crippen LogP contribution >= 0.6 is 22.7 Å². The zero-order valence-electron chi connectivity index (χ0n) is 10.5. The summed E-state index contributed by atoms with van der Waals surface area (Å²) in [5.41, 5.74) is 1.57. The molecule has 0 amide bonds. The summed E-state index contributed by atoms with van der Waals surface area (Å²) in [5.74, 6) is -1.35. The average molecular weight is 294 g/mol. The Morgan fingerprint density at radius 1 is 1.21 bits per heavy atom. The minimum absolute atomic E-state index is 0.161. The topological polar surface area (TPSA) is 43.4 Å². The van der Waals surface area contributed by atoms with E-state index >= 15 is 0 Å². The van der Waals surface area contributed by atoms with E-state index in [-0.39, 0.29) is 12.4 Å². The maximum Gasteiger partial charge on any atom is 0.317 e. The molecule has 2 aromatic heterocycles. The summed E-state index contributed by atoms with van der Waals surface area (Å²) in [6.07, 6.45) is 0.400. The van der Waals surface area contributed by atoms with Crippen LogP contribution in [0, 0.1) is 5.92 Å². The average Bonchev–Trinajstić information content (AvgIpc) is 3.08. The summed E-state index contributed by atoms with van der Waals surface area (Å²) in [6, 6.07) is 3.67. The van der Waals surface area contributed by atoms with Gasteiger partial charge < -0.3 is 4.74 Å². The number of thiophene rings is 2. The minimum Gasteiger partial charge on any atom is -0.465 e. The summed E-state index contributed by atoms with van der Waals surface area (Å²) in [6.45, 7) is 2.03. The lowest BCUT2D eigenvalue weighted by atomic mass is 9.93. The highest BCUT2D eigenvalue weighted by atomic mass is 32.1. The molecule has 19 heavy (non-hydrogen) atoms. The zero-order chi connectivity index (χ0) is 13.7. The van der Waals surface area contributed by atoms with E-state index in [1.807, 2.05) is 22.2 Å². The molecule has 0 spiro atoms. The summed E-state index contributed by atoms with van der Waals surface area (Å²) < 4.78 is 5.02. The lowest BCUT2D eigenvalue weighted by Gasteiger charge is -2.13. The van der Waals surface area contributed by atoms with Gasteiger partial charge in [-0.3, -0.25) is 9.59 Å². The van der Waals surface area contributed by atoms with Gasteiger partial charge >= 0.3 is 5.97 Å². The maximum absolute atomic E-state index is 12.4. The standard InChI is InChI=1S/C14H14O3S2/c1-2-17-14(16)12(7-10-3-5-18-8-10)13(15)11-4-6-19-9-11/h3-6,8-9,12H,2,7H2,1H3. The Hall–Kier alpha value is -1.46. The Bertz CT molecular complexity index is 529. The summed E-state index contributed by atoms with van der Waals surface area (Å²) in [5, 5.41) is 7.49. The van der Waals surface area contributed by atoms with Crippen LogP contribution in [0.2, 0.25) is 0 Å². The molecule has 3 nitrogen and oxygen atoms in total. The number of hydrogen-bond acceptors (Lipinski definition) is 5. The van der Waals surface area contributed by atoms with Gasteiger partial charge in [-0.15, -0.1) is 0 Å².